The van der Waals surface area contributed by atoms with Crippen molar-refractivity contribution in [1.82, 2.24) is 10.2 Å². The molecule has 20 heavy (non-hydrogen) atoms. The van der Waals surface area contributed by atoms with E-state index >= 15 is 0 Å². The van der Waals surface area contributed by atoms with Gasteiger partial charge in [0.2, 0.25) is 0 Å². The molecule has 1 aromatic carbocycles. The Bertz CT molecular complexity index is 410. The number of carboxylic acid groups (broad SMARTS) is 1. The Morgan fingerprint density at radius 2 is 2.05 bits per heavy atom. The molecule has 0 aliphatic carbocycles. The average Bonchev–Trinajstić information content (AvgIpc) is 2.46. The van der Waals surface area contributed by atoms with Gasteiger partial charge in [-0.1, -0.05) is 18.2 Å². The number of hydrogen-bond acceptors (Lipinski definition) is 4. The van der Waals surface area contributed by atoms with Crippen molar-refractivity contribution in [2.45, 2.75) is 10.9 Å². The minimum Gasteiger partial charge on any atom is -0.465 e. The van der Waals surface area contributed by atoms with E-state index < -0.39 is 6.09 Å². The Labute approximate surface area is 123 Å². The zero-order valence-corrected chi connectivity index (χ0v) is 12.1. The van der Waals surface area contributed by atoms with Crippen molar-refractivity contribution in [3.05, 3.63) is 30.3 Å². The number of morpholine rings is 1. The number of amides is 1. The molecular formula is C14H20N2O3S. The van der Waals surface area contributed by atoms with Gasteiger partial charge in [0.15, 0.2) is 0 Å². The highest BCUT2D eigenvalue weighted by Gasteiger charge is 2.18. The summed E-state index contributed by atoms with van der Waals surface area (Å²) < 4.78 is 5.31. The van der Waals surface area contributed by atoms with E-state index in [1.54, 1.807) is 11.8 Å². The molecule has 1 atom stereocenters. The molecule has 0 radical (unpaired) electrons. The van der Waals surface area contributed by atoms with Gasteiger partial charge in [0.05, 0.1) is 19.3 Å². The zero-order valence-electron chi connectivity index (χ0n) is 11.3. The van der Waals surface area contributed by atoms with Crippen molar-refractivity contribution in [1.29, 1.82) is 0 Å². The normalized spacial score (nSPS) is 17.6. The molecule has 5 nitrogen and oxygen atoms in total. The third kappa shape index (κ3) is 5.40. The van der Waals surface area contributed by atoms with Crippen molar-refractivity contribution in [3.8, 4) is 0 Å². The lowest BCUT2D eigenvalue weighted by Crippen LogP contribution is -2.48. The third-order valence-corrected chi connectivity index (χ3v) is 4.28. The molecule has 2 rings (SSSR count). The number of nitrogens with zero attached hydrogens (tertiary/aromatic N) is 1. The van der Waals surface area contributed by atoms with E-state index in [9.17, 15) is 4.79 Å². The molecule has 0 bridgehead atoms. The summed E-state index contributed by atoms with van der Waals surface area (Å²) in [6.07, 6.45) is -0.961. The van der Waals surface area contributed by atoms with Gasteiger partial charge in [0.25, 0.3) is 0 Å². The Hall–Kier alpha value is -1.24. The zero-order chi connectivity index (χ0) is 14.2. The predicted molar refractivity (Wildman–Crippen MR) is 79.4 cm³/mol. The lowest BCUT2D eigenvalue weighted by Gasteiger charge is -2.30. The van der Waals surface area contributed by atoms with Gasteiger partial charge >= 0.3 is 6.09 Å². The molecule has 1 saturated heterocycles. The second-order valence-electron chi connectivity index (χ2n) is 4.68. The Morgan fingerprint density at radius 3 is 2.70 bits per heavy atom. The number of benzene rings is 1. The van der Waals surface area contributed by atoms with Crippen LogP contribution in [0.2, 0.25) is 0 Å². The lowest BCUT2D eigenvalue weighted by molar-refractivity contribution is 0.0347. The molecule has 6 heteroatoms. The number of ether oxygens (including phenoxy) is 1. The molecule has 0 aromatic heterocycles. The van der Waals surface area contributed by atoms with Crippen LogP contribution in [0.5, 0.6) is 0 Å². The highest BCUT2D eigenvalue weighted by Crippen LogP contribution is 2.18. The summed E-state index contributed by atoms with van der Waals surface area (Å²) in [5.41, 5.74) is 0. The first-order valence-corrected chi connectivity index (χ1v) is 7.70. The highest BCUT2D eigenvalue weighted by atomic mass is 32.2. The monoisotopic (exact) mass is 296 g/mol. The largest absolute Gasteiger partial charge is 0.465 e. The van der Waals surface area contributed by atoms with Gasteiger partial charge in [0.1, 0.15) is 0 Å². The van der Waals surface area contributed by atoms with Crippen molar-refractivity contribution in [3.63, 3.8) is 0 Å². The molecule has 110 valence electrons. The van der Waals surface area contributed by atoms with E-state index in [1.165, 1.54) is 0 Å². The van der Waals surface area contributed by atoms with Crippen LogP contribution >= 0.6 is 11.8 Å². The molecule has 2 N–H and O–H groups in total. The molecule has 0 unspecified atom stereocenters. The van der Waals surface area contributed by atoms with Crippen LogP contribution in [0, 0.1) is 0 Å². The van der Waals surface area contributed by atoms with E-state index in [4.69, 9.17) is 9.84 Å². The summed E-state index contributed by atoms with van der Waals surface area (Å²) in [5.74, 6) is 0.730. The Morgan fingerprint density at radius 1 is 1.35 bits per heavy atom. The van der Waals surface area contributed by atoms with Crippen LogP contribution in [0.25, 0.3) is 0 Å². The van der Waals surface area contributed by atoms with Gasteiger partial charge in [-0.3, -0.25) is 4.90 Å². The van der Waals surface area contributed by atoms with Gasteiger partial charge in [-0.2, -0.15) is 0 Å². The molecule has 0 saturated carbocycles. The third-order valence-electron chi connectivity index (χ3n) is 3.10. The summed E-state index contributed by atoms with van der Waals surface area (Å²) in [6.45, 7) is 3.92. The minimum absolute atomic E-state index is 0.0733. The quantitative estimate of drug-likeness (QED) is 0.783. The summed E-state index contributed by atoms with van der Waals surface area (Å²) in [5, 5.41) is 11.6. The molecule has 1 amide bonds. The molecular weight excluding hydrogens is 276 g/mol. The summed E-state index contributed by atoms with van der Waals surface area (Å²) >= 11 is 1.68. The summed E-state index contributed by atoms with van der Waals surface area (Å²) in [7, 11) is 0. The van der Waals surface area contributed by atoms with Gasteiger partial charge in [-0.15, -0.1) is 11.8 Å². The Kier molecular flexibility index (Phi) is 6.17. The summed E-state index contributed by atoms with van der Waals surface area (Å²) in [6, 6.07) is 9.96. The van der Waals surface area contributed by atoms with Crippen LogP contribution in [0.1, 0.15) is 0 Å². The van der Waals surface area contributed by atoms with Crippen LogP contribution in [0.4, 0.5) is 4.79 Å². The van der Waals surface area contributed by atoms with E-state index in [0.29, 0.717) is 0 Å². The van der Waals surface area contributed by atoms with Crippen LogP contribution < -0.4 is 5.32 Å². The number of hydrogen-bond donors (Lipinski definition) is 2. The topological polar surface area (TPSA) is 61.8 Å². The second-order valence-corrected chi connectivity index (χ2v) is 5.78. The van der Waals surface area contributed by atoms with Crippen molar-refractivity contribution in [2.75, 3.05) is 38.6 Å². The van der Waals surface area contributed by atoms with Crippen molar-refractivity contribution < 1.29 is 14.6 Å². The molecule has 1 fully saturated rings. The molecule has 1 heterocycles. The second kappa shape index (κ2) is 8.14. The molecule has 1 aliphatic heterocycles. The van der Waals surface area contributed by atoms with Crippen LogP contribution in [0.3, 0.4) is 0 Å². The number of carbonyl (C=O) groups is 1. The van der Waals surface area contributed by atoms with E-state index in [-0.39, 0.29) is 6.04 Å². The van der Waals surface area contributed by atoms with E-state index in [2.05, 4.69) is 10.2 Å². The fourth-order valence-corrected chi connectivity index (χ4v) is 3.06. The highest BCUT2D eigenvalue weighted by molar-refractivity contribution is 7.99. The predicted octanol–water partition coefficient (Wildman–Crippen LogP) is 1.75. The smallest absolute Gasteiger partial charge is 0.404 e. The van der Waals surface area contributed by atoms with E-state index in [1.807, 2.05) is 30.3 Å². The minimum atomic E-state index is -0.961. The first-order valence-electron chi connectivity index (χ1n) is 6.71. The first-order chi connectivity index (χ1) is 9.74. The van der Waals surface area contributed by atoms with E-state index in [0.717, 1.165) is 43.5 Å². The molecule has 1 aromatic rings. The maximum Gasteiger partial charge on any atom is 0.404 e. The molecule has 1 aliphatic rings. The van der Waals surface area contributed by atoms with Crippen LogP contribution in [-0.2, 0) is 4.74 Å². The van der Waals surface area contributed by atoms with Gasteiger partial charge in [0, 0.05) is 30.3 Å². The van der Waals surface area contributed by atoms with Gasteiger partial charge in [-0.05, 0) is 12.1 Å². The van der Waals surface area contributed by atoms with Gasteiger partial charge < -0.3 is 15.2 Å². The fraction of sp³-hybridized carbons (Fsp3) is 0.500. The Balaban J connectivity index is 1.84. The fourth-order valence-electron chi connectivity index (χ4n) is 2.12. The molecule has 0 spiro atoms. The standard InChI is InChI=1S/C14H20N2O3S/c17-14(18)15-12(10-16-6-8-19-9-7-16)11-20-13-4-2-1-3-5-13/h1-5,12,15H,6-11H2,(H,17,18)/t12-/m1/s1. The lowest BCUT2D eigenvalue weighted by atomic mass is 10.3. The number of thioether (sulfide) groups is 1. The number of rotatable bonds is 6. The summed E-state index contributed by atoms with van der Waals surface area (Å²) in [4.78, 5) is 14.3. The van der Waals surface area contributed by atoms with Crippen LogP contribution in [0.15, 0.2) is 35.2 Å². The van der Waals surface area contributed by atoms with Gasteiger partial charge in [-0.25, -0.2) is 4.79 Å². The SMILES string of the molecule is O=C(O)N[C@@H](CSc1ccccc1)CN1CCOCC1. The van der Waals surface area contributed by atoms with Crippen molar-refractivity contribution in [2.24, 2.45) is 0 Å². The van der Waals surface area contributed by atoms with Crippen LogP contribution in [-0.4, -0.2) is 60.7 Å². The first kappa shape index (κ1) is 15.2. The number of nitrogens with one attached hydrogen (secondary N) is 1. The van der Waals surface area contributed by atoms with Crippen molar-refractivity contribution >= 4 is 17.9 Å². The average molecular weight is 296 g/mol. The maximum absolute atomic E-state index is 10.9. The maximum atomic E-state index is 10.9.